The van der Waals surface area contributed by atoms with Crippen LogP contribution < -0.4 is 5.32 Å². The maximum atomic E-state index is 3.24. The summed E-state index contributed by atoms with van der Waals surface area (Å²) < 4.78 is 0. The molecule has 10 heavy (non-hydrogen) atoms. The number of hydrogen-bond donors (Lipinski definition) is 1. The average Bonchev–Trinajstić information content (AvgIpc) is 1.92. The lowest BCUT2D eigenvalue weighted by atomic mass is 9.91. The molecule has 0 saturated heterocycles. The highest BCUT2D eigenvalue weighted by Gasteiger charge is 2.18. The summed E-state index contributed by atoms with van der Waals surface area (Å²) >= 11 is 0. The van der Waals surface area contributed by atoms with Gasteiger partial charge in [0, 0.05) is 5.54 Å². The molecule has 0 aliphatic carbocycles. The normalized spacial score (nSPS) is 10.8. The van der Waals surface area contributed by atoms with E-state index in [1.165, 1.54) is 0 Å². The maximum Gasteiger partial charge on any atom is 0.0145 e. The van der Waals surface area contributed by atoms with E-state index in [4.69, 9.17) is 0 Å². The molecule has 0 radical (unpaired) electrons. The second-order valence-corrected chi connectivity index (χ2v) is 3.13. The zero-order valence-electron chi connectivity index (χ0n) is 8.58. The lowest BCUT2D eigenvalue weighted by Crippen LogP contribution is -2.41. The van der Waals surface area contributed by atoms with Crippen LogP contribution in [0.2, 0.25) is 0 Å². The Bertz CT molecular complexity index is 65.1. The summed E-state index contributed by atoms with van der Waals surface area (Å²) in [4.78, 5) is 0. The summed E-state index contributed by atoms with van der Waals surface area (Å²) in [6.07, 6.45) is 0. The van der Waals surface area contributed by atoms with E-state index in [0.29, 0.717) is 11.5 Å². The Morgan fingerprint density at radius 1 is 1.10 bits per heavy atom. The van der Waals surface area contributed by atoms with E-state index in [1.54, 1.807) is 0 Å². The lowest BCUT2D eigenvalue weighted by molar-refractivity contribution is 0.310. The summed E-state index contributed by atoms with van der Waals surface area (Å²) in [5.74, 6) is 0.701. The molecule has 0 aromatic heterocycles. The number of nitrogens with one attached hydrogen (secondary N) is 1. The molecule has 0 unspecified atom stereocenters. The van der Waals surface area contributed by atoms with Crippen molar-refractivity contribution >= 4 is 0 Å². The highest BCUT2D eigenvalue weighted by Crippen LogP contribution is 2.13. The van der Waals surface area contributed by atoms with Crippen LogP contribution in [0.25, 0.3) is 0 Å². The molecule has 0 aromatic carbocycles. The van der Waals surface area contributed by atoms with Gasteiger partial charge in [-0.3, -0.25) is 0 Å². The second kappa shape index (κ2) is 5.72. The summed E-state index contributed by atoms with van der Waals surface area (Å²) in [7, 11) is 2.00. The van der Waals surface area contributed by atoms with Crippen molar-refractivity contribution in [2.24, 2.45) is 5.92 Å². The van der Waals surface area contributed by atoms with Gasteiger partial charge in [-0.15, -0.1) is 0 Å². The van der Waals surface area contributed by atoms with Crippen molar-refractivity contribution in [3.8, 4) is 0 Å². The highest BCUT2D eigenvalue weighted by molar-refractivity contribution is 4.78. The third kappa shape index (κ3) is 4.80. The Hall–Kier alpha value is -0.0400. The Morgan fingerprint density at radius 3 is 1.40 bits per heavy atom. The molecule has 0 aliphatic heterocycles. The fraction of sp³-hybridized carbons (Fsp3) is 1.00. The number of rotatable bonds is 2. The van der Waals surface area contributed by atoms with Crippen molar-refractivity contribution in [3.63, 3.8) is 0 Å². The van der Waals surface area contributed by atoms with E-state index in [2.05, 4.69) is 33.0 Å². The van der Waals surface area contributed by atoms with E-state index in [9.17, 15) is 0 Å². The monoisotopic (exact) mass is 145 g/mol. The van der Waals surface area contributed by atoms with Gasteiger partial charge in [0.05, 0.1) is 0 Å². The van der Waals surface area contributed by atoms with Crippen LogP contribution in [0.5, 0.6) is 0 Å². The summed E-state index contributed by atoms with van der Waals surface area (Å²) in [5, 5.41) is 3.24. The van der Waals surface area contributed by atoms with Crippen LogP contribution in [0.3, 0.4) is 0 Å². The van der Waals surface area contributed by atoms with Crippen LogP contribution in [-0.4, -0.2) is 12.6 Å². The molecule has 1 heteroatoms. The van der Waals surface area contributed by atoms with Crippen molar-refractivity contribution in [3.05, 3.63) is 0 Å². The van der Waals surface area contributed by atoms with Gasteiger partial charge in [-0.25, -0.2) is 0 Å². The van der Waals surface area contributed by atoms with Crippen LogP contribution in [0.15, 0.2) is 0 Å². The molecule has 0 rings (SSSR count). The van der Waals surface area contributed by atoms with Crippen LogP contribution in [0.1, 0.15) is 41.5 Å². The Labute approximate surface area is 66.2 Å². The molecule has 0 amide bonds. The van der Waals surface area contributed by atoms with Crippen LogP contribution in [0.4, 0.5) is 0 Å². The summed E-state index contributed by atoms with van der Waals surface area (Å²) in [6, 6.07) is 0. The van der Waals surface area contributed by atoms with E-state index in [0.717, 1.165) is 0 Å². The van der Waals surface area contributed by atoms with Gasteiger partial charge in [-0.2, -0.15) is 0 Å². The molecule has 1 N–H and O–H groups in total. The highest BCUT2D eigenvalue weighted by atomic mass is 14.9. The van der Waals surface area contributed by atoms with Gasteiger partial charge in [0.1, 0.15) is 0 Å². The fourth-order valence-electron chi connectivity index (χ4n) is 0.289. The largest absolute Gasteiger partial charge is 0.315 e. The first-order valence-corrected chi connectivity index (χ1v) is 4.19. The van der Waals surface area contributed by atoms with Crippen molar-refractivity contribution < 1.29 is 0 Å². The zero-order valence-corrected chi connectivity index (χ0v) is 8.58. The third-order valence-electron chi connectivity index (χ3n) is 2.09. The topological polar surface area (TPSA) is 12.0 Å². The van der Waals surface area contributed by atoms with E-state index in [-0.39, 0.29) is 0 Å². The molecule has 0 spiro atoms. The maximum absolute atomic E-state index is 3.24. The van der Waals surface area contributed by atoms with Crippen molar-refractivity contribution in [2.45, 2.75) is 47.1 Å². The molecular weight excluding hydrogens is 122 g/mol. The third-order valence-corrected chi connectivity index (χ3v) is 2.09. The molecule has 0 aliphatic rings. The minimum absolute atomic E-state index is 0.292. The Morgan fingerprint density at radius 2 is 1.40 bits per heavy atom. The van der Waals surface area contributed by atoms with Crippen molar-refractivity contribution in [1.82, 2.24) is 5.32 Å². The quantitative estimate of drug-likeness (QED) is 0.630. The minimum atomic E-state index is 0.292. The first-order valence-electron chi connectivity index (χ1n) is 4.19. The van der Waals surface area contributed by atoms with Crippen LogP contribution in [-0.2, 0) is 0 Å². The molecule has 0 aromatic rings. The molecule has 0 bridgehead atoms. The summed E-state index contributed by atoms with van der Waals surface area (Å²) in [5.41, 5.74) is 0.292. The first kappa shape index (κ1) is 12.6. The molecule has 64 valence electrons. The minimum Gasteiger partial charge on any atom is -0.315 e. The smallest absolute Gasteiger partial charge is 0.0145 e. The van der Waals surface area contributed by atoms with Crippen molar-refractivity contribution in [2.75, 3.05) is 7.05 Å². The van der Waals surface area contributed by atoms with Gasteiger partial charge in [0.2, 0.25) is 0 Å². The molecule has 1 nitrogen and oxygen atoms in total. The number of hydrogen-bond acceptors (Lipinski definition) is 1. The molecule has 0 saturated carbocycles. The predicted octanol–water partition coefficient (Wildman–Crippen LogP) is 2.67. The molecule has 0 heterocycles. The van der Waals surface area contributed by atoms with Gasteiger partial charge in [0.15, 0.2) is 0 Å². The van der Waals surface area contributed by atoms with Gasteiger partial charge < -0.3 is 5.32 Å². The molecular formula is C9H23N. The molecule has 0 atom stereocenters. The van der Waals surface area contributed by atoms with E-state index >= 15 is 0 Å². The molecule has 0 fully saturated rings. The Kier molecular flexibility index (Phi) is 7.22. The van der Waals surface area contributed by atoms with Crippen LogP contribution >= 0.6 is 0 Å². The van der Waals surface area contributed by atoms with E-state index < -0.39 is 0 Å². The van der Waals surface area contributed by atoms with E-state index in [1.807, 2.05) is 20.9 Å². The van der Waals surface area contributed by atoms with Gasteiger partial charge in [-0.05, 0) is 26.8 Å². The SMILES string of the molecule is CC.CNC(C)(C)C(C)C. The van der Waals surface area contributed by atoms with Crippen molar-refractivity contribution in [1.29, 1.82) is 0 Å². The lowest BCUT2D eigenvalue weighted by Gasteiger charge is -2.28. The standard InChI is InChI=1S/C7H17N.C2H6/c1-6(2)7(3,4)8-5;1-2/h6,8H,1-5H3;1-2H3. The zero-order chi connectivity index (χ0) is 8.78. The van der Waals surface area contributed by atoms with Crippen LogP contribution in [0, 0.1) is 5.92 Å². The predicted molar refractivity (Wildman–Crippen MR) is 49.3 cm³/mol. The van der Waals surface area contributed by atoms with Gasteiger partial charge >= 0.3 is 0 Å². The second-order valence-electron chi connectivity index (χ2n) is 3.13. The summed E-state index contributed by atoms with van der Waals surface area (Å²) in [6.45, 7) is 12.8. The van der Waals surface area contributed by atoms with Gasteiger partial charge in [-0.1, -0.05) is 27.7 Å². The fourth-order valence-corrected chi connectivity index (χ4v) is 0.289. The first-order chi connectivity index (χ1) is 4.50. The van der Waals surface area contributed by atoms with Gasteiger partial charge in [0.25, 0.3) is 0 Å². The Balaban J connectivity index is 0. The average molecular weight is 145 g/mol.